The molecule has 3 aliphatic heterocycles. The molecule has 0 spiro atoms. The van der Waals surface area contributed by atoms with Gasteiger partial charge in [0.25, 0.3) is 11.8 Å². The fraction of sp³-hybridized carbons (Fsp3) is 0.467. The Balaban J connectivity index is 1.38. The predicted molar refractivity (Wildman–Crippen MR) is 150 cm³/mol. The van der Waals surface area contributed by atoms with Crippen LogP contribution in [0.5, 0.6) is 0 Å². The number of carbonyl (C=O) groups is 3. The number of benzene rings is 2. The van der Waals surface area contributed by atoms with Crippen LogP contribution in [0.25, 0.3) is 11.1 Å². The van der Waals surface area contributed by atoms with Crippen LogP contribution in [0.2, 0.25) is 10.0 Å². The van der Waals surface area contributed by atoms with E-state index in [4.69, 9.17) is 23.2 Å². The highest BCUT2D eigenvalue weighted by Crippen LogP contribution is 2.54. The first-order valence-corrected chi connectivity index (χ1v) is 14.7. The van der Waals surface area contributed by atoms with Crippen molar-refractivity contribution in [2.45, 2.75) is 68.2 Å². The number of aliphatic hydroxyl groups is 1. The zero-order chi connectivity index (χ0) is 30.0. The van der Waals surface area contributed by atoms with Gasteiger partial charge in [0.05, 0.1) is 12.0 Å². The molecule has 4 fully saturated rings. The van der Waals surface area contributed by atoms with Gasteiger partial charge in [-0.05, 0) is 67.5 Å². The van der Waals surface area contributed by atoms with E-state index in [0.29, 0.717) is 24.1 Å². The van der Waals surface area contributed by atoms with Crippen LogP contribution in [0.3, 0.4) is 0 Å². The number of piperidine rings is 3. The molecular weight excluding hydrogens is 589 g/mol. The lowest BCUT2D eigenvalue weighted by Crippen LogP contribution is -2.70. The van der Waals surface area contributed by atoms with Crippen molar-refractivity contribution in [1.29, 1.82) is 5.26 Å². The summed E-state index contributed by atoms with van der Waals surface area (Å²) in [4.78, 5) is 41.7. The van der Waals surface area contributed by atoms with Gasteiger partial charge in [0.15, 0.2) is 5.60 Å². The highest BCUT2D eigenvalue weighted by Gasteiger charge is 2.63. The molecule has 42 heavy (non-hydrogen) atoms. The summed E-state index contributed by atoms with van der Waals surface area (Å²) in [7, 11) is 0. The molecule has 0 unspecified atom stereocenters. The molecule has 8 nitrogen and oxygen atoms in total. The van der Waals surface area contributed by atoms with Gasteiger partial charge in [0.2, 0.25) is 11.8 Å². The van der Waals surface area contributed by atoms with Crippen molar-refractivity contribution in [2.24, 2.45) is 11.8 Å². The maximum atomic E-state index is 15.3. The quantitative estimate of drug-likeness (QED) is 0.466. The number of nitriles is 1. The molecule has 2 aliphatic carbocycles. The fourth-order valence-electron chi connectivity index (χ4n) is 7.21. The van der Waals surface area contributed by atoms with Crippen LogP contribution in [-0.4, -0.2) is 58.3 Å². The first-order valence-electron chi connectivity index (χ1n) is 14.0. The minimum Gasteiger partial charge on any atom is -0.372 e. The summed E-state index contributed by atoms with van der Waals surface area (Å²) in [6, 6.07) is 7.61. The van der Waals surface area contributed by atoms with Crippen LogP contribution >= 0.6 is 23.2 Å². The molecule has 0 radical (unpaired) electrons. The van der Waals surface area contributed by atoms with E-state index in [1.165, 1.54) is 12.1 Å². The minimum absolute atomic E-state index is 0.00889. The molecule has 12 heteroatoms. The van der Waals surface area contributed by atoms with Crippen LogP contribution < -0.4 is 10.6 Å². The Kier molecular flexibility index (Phi) is 7.19. The van der Waals surface area contributed by atoms with Crippen LogP contribution in [0, 0.1) is 23.2 Å². The summed E-state index contributed by atoms with van der Waals surface area (Å²) in [6.07, 6.45) is 0.831. The van der Waals surface area contributed by atoms with E-state index in [0.717, 1.165) is 11.3 Å². The van der Waals surface area contributed by atoms with E-state index < -0.39 is 59.7 Å². The van der Waals surface area contributed by atoms with E-state index in [1.54, 1.807) is 24.3 Å². The van der Waals surface area contributed by atoms with Crippen molar-refractivity contribution < 1.29 is 28.3 Å². The first kappa shape index (κ1) is 28.8. The van der Waals surface area contributed by atoms with Crippen molar-refractivity contribution >= 4 is 40.9 Å². The summed E-state index contributed by atoms with van der Waals surface area (Å²) in [5.74, 6) is -7.35. The molecular formula is C30H28Cl2F2N4O4. The van der Waals surface area contributed by atoms with Gasteiger partial charge < -0.3 is 20.6 Å². The summed E-state index contributed by atoms with van der Waals surface area (Å²) in [6.45, 7) is 0.530. The normalized spacial score (nSPS) is 27.3. The molecule has 7 rings (SSSR count). The Morgan fingerprint density at radius 2 is 1.76 bits per heavy atom. The Labute approximate surface area is 251 Å². The highest BCUT2D eigenvalue weighted by molar-refractivity contribution is 6.31. The lowest BCUT2D eigenvalue weighted by molar-refractivity contribution is -0.201. The van der Waals surface area contributed by atoms with Gasteiger partial charge >= 0.3 is 0 Å². The van der Waals surface area contributed by atoms with E-state index >= 15 is 8.78 Å². The van der Waals surface area contributed by atoms with E-state index in [1.807, 2.05) is 6.07 Å². The molecule has 2 aromatic carbocycles. The molecule has 5 atom stereocenters. The zero-order valence-electron chi connectivity index (χ0n) is 22.4. The first-order chi connectivity index (χ1) is 20.0. The Morgan fingerprint density at radius 3 is 2.33 bits per heavy atom. The van der Waals surface area contributed by atoms with Crippen LogP contribution in [-0.2, 0) is 20.0 Å². The third-order valence-electron chi connectivity index (χ3n) is 9.17. The summed E-state index contributed by atoms with van der Waals surface area (Å²) < 4.78 is 30.6. The summed E-state index contributed by atoms with van der Waals surface area (Å²) in [5, 5.41) is 27.8. The number of fused-ring (bicyclic) bond motifs is 6. The molecule has 3 heterocycles. The van der Waals surface area contributed by atoms with Gasteiger partial charge in [0.1, 0.15) is 12.1 Å². The van der Waals surface area contributed by atoms with Gasteiger partial charge in [-0.15, -0.1) is 0 Å². The van der Waals surface area contributed by atoms with Crippen molar-refractivity contribution in [1.82, 2.24) is 15.5 Å². The maximum Gasteiger partial charge on any atom is 0.264 e. The van der Waals surface area contributed by atoms with E-state index in [-0.39, 0.29) is 46.3 Å². The molecule has 5 aliphatic rings. The Bertz CT molecular complexity index is 1480. The molecule has 3 N–H and O–H groups in total. The number of carbonyl (C=O) groups excluding carboxylic acids is 3. The van der Waals surface area contributed by atoms with E-state index in [2.05, 4.69) is 10.6 Å². The lowest BCUT2D eigenvalue weighted by atomic mass is 9.70. The molecule has 0 aromatic heterocycles. The summed E-state index contributed by atoms with van der Waals surface area (Å²) in [5.41, 5.74) is -0.942. The highest BCUT2D eigenvalue weighted by atomic mass is 35.5. The van der Waals surface area contributed by atoms with Crippen LogP contribution in [0.1, 0.15) is 49.7 Å². The third-order valence-corrected chi connectivity index (χ3v) is 9.64. The molecule has 220 valence electrons. The van der Waals surface area contributed by atoms with Gasteiger partial charge in [-0.1, -0.05) is 35.3 Å². The second-order valence-electron chi connectivity index (χ2n) is 11.6. The topological polar surface area (TPSA) is 123 Å². The monoisotopic (exact) mass is 616 g/mol. The molecule has 2 aromatic rings. The fourth-order valence-corrected chi connectivity index (χ4v) is 7.55. The van der Waals surface area contributed by atoms with Crippen molar-refractivity contribution in [2.75, 3.05) is 6.54 Å². The van der Waals surface area contributed by atoms with Gasteiger partial charge in [0, 0.05) is 46.1 Å². The second-order valence-corrected chi connectivity index (χ2v) is 12.5. The Morgan fingerprint density at radius 1 is 1.12 bits per heavy atom. The van der Waals surface area contributed by atoms with Crippen LogP contribution in [0.15, 0.2) is 36.4 Å². The standard InChI is InChI=1S/C30H28Cl2F2N4O4/c31-16-3-6-20-21-7-4-17(32)12-24(21)30(42,23(20)11-16)28(41)38-19-5-8-22(29(33,34)13-19)25(38)27(40)37-18(14-35)10-15-2-1-9-36-26(15)39/h3-4,6-7,11-12,15,18-19,22,25,42H,1-2,5,8-10,13H2,(H,36,39)(H,37,40)/t15-,18+,19+,22+,25-/m0/s1. The molecule has 2 bridgehead atoms. The number of nitrogens with one attached hydrogen (secondary N) is 2. The number of alkyl halides is 2. The molecule has 3 amide bonds. The number of halogens is 4. The van der Waals surface area contributed by atoms with Crippen molar-refractivity contribution in [3.05, 3.63) is 57.6 Å². The van der Waals surface area contributed by atoms with Crippen LogP contribution in [0.4, 0.5) is 8.78 Å². The van der Waals surface area contributed by atoms with E-state index in [9.17, 15) is 24.8 Å². The largest absolute Gasteiger partial charge is 0.372 e. The molecule has 1 saturated carbocycles. The number of rotatable bonds is 5. The molecule has 3 saturated heterocycles. The van der Waals surface area contributed by atoms with Gasteiger partial charge in [-0.3, -0.25) is 14.4 Å². The van der Waals surface area contributed by atoms with Gasteiger partial charge in [-0.2, -0.15) is 5.26 Å². The summed E-state index contributed by atoms with van der Waals surface area (Å²) >= 11 is 12.5. The number of hydrogen-bond donors (Lipinski definition) is 3. The smallest absolute Gasteiger partial charge is 0.264 e. The third kappa shape index (κ3) is 4.53. The van der Waals surface area contributed by atoms with Crippen molar-refractivity contribution in [3.63, 3.8) is 0 Å². The number of amides is 3. The predicted octanol–water partition coefficient (Wildman–Crippen LogP) is 4.15. The average Bonchev–Trinajstić information content (AvgIpc) is 3.20. The second kappa shape index (κ2) is 10.5. The number of nitrogens with zero attached hydrogens (tertiary/aromatic N) is 2. The van der Waals surface area contributed by atoms with Gasteiger partial charge in [-0.25, -0.2) is 8.78 Å². The minimum atomic E-state index is -3.24. The zero-order valence-corrected chi connectivity index (χ0v) is 23.9. The Hall–Kier alpha value is -3.26. The van der Waals surface area contributed by atoms with Crippen molar-refractivity contribution in [3.8, 4) is 17.2 Å². The maximum absolute atomic E-state index is 15.3. The number of hydrogen-bond acceptors (Lipinski definition) is 5. The SMILES string of the molecule is N#C[C@@H](C[C@@H]1CCCNC1=O)NC(=O)[C@@H]1[C@H]2CC[C@H](CC2(F)F)N1C(=O)C1(O)c2cc(Cl)ccc2-c2ccc(Cl)cc21. The average molecular weight is 617 g/mol. The lowest BCUT2D eigenvalue weighted by Gasteiger charge is -2.54.